The number of carbonyl (C=O) groups is 1. The molecule has 0 unspecified atom stereocenters. The smallest absolute Gasteiger partial charge is 0.234 e. The Kier molecular flexibility index (Phi) is 7.77. The van der Waals surface area contributed by atoms with Crippen LogP contribution in [0.1, 0.15) is 13.8 Å². The summed E-state index contributed by atoms with van der Waals surface area (Å²) in [7, 11) is 3.12. The van der Waals surface area contributed by atoms with Crippen LogP contribution in [0.4, 0.5) is 5.69 Å². The Bertz CT molecular complexity index is 1040. The second-order valence-corrected chi connectivity index (χ2v) is 7.33. The monoisotopic (exact) mass is 442 g/mol. The predicted molar refractivity (Wildman–Crippen MR) is 121 cm³/mol. The zero-order chi connectivity index (χ0) is 22.2. The van der Waals surface area contributed by atoms with Gasteiger partial charge in [0.25, 0.3) is 0 Å². The predicted octanol–water partition coefficient (Wildman–Crippen LogP) is 4.11. The maximum absolute atomic E-state index is 12.6. The summed E-state index contributed by atoms with van der Waals surface area (Å²) >= 11 is 1.32. The summed E-state index contributed by atoms with van der Waals surface area (Å²) in [6.45, 7) is 5.18. The van der Waals surface area contributed by atoms with E-state index in [-0.39, 0.29) is 11.7 Å². The highest BCUT2D eigenvalue weighted by atomic mass is 32.2. The standard InChI is InChI=1S/C22H26N4O4S/c1-5-26-21(16-9-7-8-10-18(16)30-6-2)24-25-22(26)31-14-20(27)23-17-13-15(28-3)11-12-19(17)29-4/h7-13H,5-6,14H2,1-4H3,(H,23,27). The summed E-state index contributed by atoms with van der Waals surface area (Å²) in [5.41, 5.74) is 1.42. The SMILES string of the molecule is CCOc1ccccc1-c1nnc(SCC(=O)Nc2cc(OC)ccc2OC)n1CC. The molecule has 0 radical (unpaired) electrons. The third-order valence-electron chi connectivity index (χ3n) is 4.47. The number of rotatable bonds is 10. The van der Waals surface area contributed by atoms with E-state index in [1.165, 1.54) is 11.8 Å². The summed E-state index contributed by atoms with van der Waals surface area (Å²) in [6.07, 6.45) is 0. The molecule has 8 nitrogen and oxygen atoms in total. The zero-order valence-electron chi connectivity index (χ0n) is 18.0. The number of methoxy groups -OCH3 is 2. The van der Waals surface area contributed by atoms with Crippen LogP contribution in [0.25, 0.3) is 11.4 Å². The average Bonchev–Trinajstić information content (AvgIpc) is 3.21. The van der Waals surface area contributed by atoms with E-state index >= 15 is 0 Å². The molecular weight excluding hydrogens is 416 g/mol. The van der Waals surface area contributed by atoms with Gasteiger partial charge >= 0.3 is 0 Å². The van der Waals surface area contributed by atoms with Gasteiger partial charge in [-0.1, -0.05) is 23.9 Å². The van der Waals surface area contributed by atoms with Crippen LogP contribution in [0.15, 0.2) is 47.6 Å². The molecule has 31 heavy (non-hydrogen) atoms. The highest BCUT2D eigenvalue weighted by Crippen LogP contribution is 2.32. The molecule has 0 atom stereocenters. The molecule has 1 heterocycles. The first-order chi connectivity index (χ1) is 15.1. The minimum Gasteiger partial charge on any atom is -0.497 e. The van der Waals surface area contributed by atoms with Crippen LogP contribution in [0.5, 0.6) is 17.2 Å². The second kappa shape index (κ2) is 10.7. The van der Waals surface area contributed by atoms with Gasteiger partial charge in [0.2, 0.25) is 5.91 Å². The lowest BCUT2D eigenvalue weighted by atomic mass is 10.2. The van der Waals surface area contributed by atoms with Crippen LogP contribution in [-0.4, -0.2) is 47.3 Å². The minimum atomic E-state index is -0.182. The third kappa shape index (κ3) is 5.29. The summed E-state index contributed by atoms with van der Waals surface area (Å²) in [4.78, 5) is 12.6. The normalized spacial score (nSPS) is 10.6. The average molecular weight is 443 g/mol. The Hall–Kier alpha value is -3.20. The molecule has 9 heteroatoms. The van der Waals surface area contributed by atoms with Crippen molar-refractivity contribution in [3.05, 3.63) is 42.5 Å². The Balaban J connectivity index is 1.74. The third-order valence-corrected chi connectivity index (χ3v) is 5.44. The quantitative estimate of drug-likeness (QED) is 0.473. The van der Waals surface area contributed by atoms with Crippen LogP contribution >= 0.6 is 11.8 Å². The summed E-state index contributed by atoms with van der Waals surface area (Å²) in [5.74, 6) is 2.65. The van der Waals surface area contributed by atoms with Crippen molar-refractivity contribution < 1.29 is 19.0 Å². The molecule has 1 aromatic heterocycles. The first kappa shape index (κ1) is 22.5. The number of para-hydroxylation sites is 1. The molecule has 3 rings (SSSR count). The lowest BCUT2D eigenvalue weighted by Crippen LogP contribution is -2.15. The van der Waals surface area contributed by atoms with E-state index in [1.807, 2.05) is 42.7 Å². The second-order valence-electron chi connectivity index (χ2n) is 6.38. The number of nitrogens with zero attached hydrogens (tertiary/aromatic N) is 3. The van der Waals surface area contributed by atoms with Gasteiger partial charge in [-0.3, -0.25) is 4.79 Å². The number of carbonyl (C=O) groups excluding carboxylic acids is 1. The summed E-state index contributed by atoms with van der Waals surface area (Å²) in [6, 6.07) is 13.0. The van der Waals surface area contributed by atoms with Crippen LogP contribution in [0, 0.1) is 0 Å². The van der Waals surface area contributed by atoms with E-state index in [4.69, 9.17) is 14.2 Å². The van der Waals surface area contributed by atoms with Crippen molar-refractivity contribution >= 4 is 23.4 Å². The molecule has 0 bridgehead atoms. The fourth-order valence-corrected chi connectivity index (χ4v) is 3.84. The Morgan fingerprint density at radius 1 is 1.06 bits per heavy atom. The van der Waals surface area contributed by atoms with Crippen molar-refractivity contribution in [1.29, 1.82) is 0 Å². The molecule has 164 valence electrons. The molecule has 0 spiro atoms. The van der Waals surface area contributed by atoms with Crippen LogP contribution in [0.2, 0.25) is 0 Å². The van der Waals surface area contributed by atoms with Crippen molar-refractivity contribution in [2.45, 2.75) is 25.5 Å². The van der Waals surface area contributed by atoms with Crippen LogP contribution in [-0.2, 0) is 11.3 Å². The van der Waals surface area contributed by atoms with Crippen molar-refractivity contribution in [2.75, 3.05) is 31.9 Å². The van der Waals surface area contributed by atoms with Gasteiger partial charge in [-0.2, -0.15) is 0 Å². The first-order valence-electron chi connectivity index (χ1n) is 9.91. The molecule has 0 aliphatic rings. The number of amides is 1. The molecule has 0 aliphatic carbocycles. The molecule has 1 N–H and O–H groups in total. The van der Waals surface area contributed by atoms with Crippen LogP contribution < -0.4 is 19.5 Å². The lowest BCUT2D eigenvalue weighted by molar-refractivity contribution is -0.113. The lowest BCUT2D eigenvalue weighted by Gasteiger charge is -2.12. The van der Waals surface area contributed by atoms with Gasteiger partial charge in [0.05, 0.1) is 37.8 Å². The van der Waals surface area contributed by atoms with Crippen molar-refractivity contribution in [3.63, 3.8) is 0 Å². The number of hydrogen-bond acceptors (Lipinski definition) is 7. The van der Waals surface area contributed by atoms with E-state index in [1.54, 1.807) is 32.4 Å². The number of hydrogen-bond donors (Lipinski definition) is 1. The fraction of sp³-hybridized carbons (Fsp3) is 0.318. The highest BCUT2D eigenvalue weighted by molar-refractivity contribution is 7.99. The molecular formula is C22H26N4O4S. The Morgan fingerprint density at radius 3 is 2.58 bits per heavy atom. The van der Waals surface area contributed by atoms with Gasteiger partial charge in [-0.25, -0.2) is 0 Å². The van der Waals surface area contributed by atoms with Crippen molar-refractivity contribution in [2.24, 2.45) is 0 Å². The van der Waals surface area contributed by atoms with Gasteiger partial charge in [-0.15, -0.1) is 10.2 Å². The topological polar surface area (TPSA) is 87.5 Å². The van der Waals surface area contributed by atoms with Gasteiger partial charge < -0.3 is 24.1 Å². The van der Waals surface area contributed by atoms with E-state index < -0.39 is 0 Å². The van der Waals surface area contributed by atoms with E-state index in [2.05, 4.69) is 15.5 Å². The number of thioether (sulfide) groups is 1. The number of ether oxygens (including phenoxy) is 3. The number of nitrogens with one attached hydrogen (secondary N) is 1. The van der Waals surface area contributed by atoms with E-state index in [0.717, 1.165) is 11.3 Å². The molecule has 1 amide bonds. The van der Waals surface area contributed by atoms with Crippen molar-refractivity contribution in [3.8, 4) is 28.6 Å². The van der Waals surface area contributed by atoms with Gasteiger partial charge in [0, 0.05) is 12.6 Å². The zero-order valence-corrected chi connectivity index (χ0v) is 18.9. The van der Waals surface area contributed by atoms with Gasteiger partial charge in [0.1, 0.15) is 17.2 Å². The fourth-order valence-electron chi connectivity index (χ4n) is 3.04. The number of aromatic nitrogens is 3. The maximum Gasteiger partial charge on any atom is 0.234 e. The highest BCUT2D eigenvalue weighted by Gasteiger charge is 2.18. The maximum atomic E-state index is 12.6. The molecule has 0 aliphatic heterocycles. The van der Waals surface area contributed by atoms with E-state index in [9.17, 15) is 4.79 Å². The summed E-state index contributed by atoms with van der Waals surface area (Å²) in [5, 5.41) is 12.2. The number of anilines is 1. The van der Waals surface area contributed by atoms with Crippen molar-refractivity contribution in [1.82, 2.24) is 14.8 Å². The molecule has 0 fully saturated rings. The van der Waals surface area contributed by atoms with Crippen LogP contribution in [0.3, 0.4) is 0 Å². The Labute approximate surface area is 185 Å². The van der Waals surface area contributed by atoms with Gasteiger partial charge in [0.15, 0.2) is 11.0 Å². The number of benzene rings is 2. The molecule has 2 aromatic carbocycles. The molecule has 3 aromatic rings. The Morgan fingerprint density at radius 2 is 1.87 bits per heavy atom. The molecule has 0 saturated heterocycles. The van der Waals surface area contributed by atoms with Gasteiger partial charge in [-0.05, 0) is 38.1 Å². The molecule has 0 saturated carbocycles. The largest absolute Gasteiger partial charge is 0.497 e. The minimum absolute atomic E-state index is 0.172. The van der Waals surface area contributed by atoms with E-state index in [0.29, 0.717) is 41.3 Å². The first-order valence-corrected chi connectivity index (χ1v) is 10.9. The summed E-state index contributed by atoms with van der Waals surface area (Å²) < 4.78 is 18.2.